The maximum Gasteiger partial charge on any atom is 0.261 e. The van der Waals surface area contributed by atoms with Crippen LogP contribution in [0.15, 0.2) is 35.7 Å². The molecule has 0 unspecified atom stereocenters. The molecule has 0 saturated carbocycles. The third kappa shape index (κ3) is 3.26. The lowest BCUT2D eigenvalue weighted by Gasteiger charge is -2.10. The van der Waals surface area contributed by atoms with E-state index < -0.39 is 0 Å². The van der Waals surface area contributed by atoms with Crippen molar-refractivity contribution in [3.63, 3.8) is 0 Å². The van der Waals surface area contributed by atoms with E-state index in [2.05, 4.69) is 19.2 Å². The number of aliphatic hydroxyl groups is 1. The summed E-state index contributed by atoms with van der Waals surface area (Å²) in [6, 6.07) is 9.58. The monoisotopic (exact) mass is 289 g/mol. The van der Waals surface area contributed by atoms with Crippen LogP contribution < -0.4 is 5.32 Å². The van der Waals surface area contributed by atoms with Gasteiger partial charge in [0.2, 0.25) is 0 Å². The highest BCUT2D eigenvalue weighted by atomic mass is 32.1. The zero-order valence-corrected chi connectivity index (χ0v) is 12.5. The molecule has 1 aromatic carbocycles. The molecule has 2 rings (SSSR count). The molecule has 1 heterocycles. The van der Waals surface area contributed by atoms with Crippen molar-refractivity contribution in [2.24, 2.45) is 0 Å². The van der Waals surface area contributed by atoms with E-state index in [1.807, 2.05) is 35.7 Å². The minimum Gasteiger partial charge on any atom is -0.392 e. The molecule has 3 nitrogen and oxygen atoms in total. The summed E-state index contributed by atoms with van der Waals surface area (Å²) in [5, 5.41) is 14.2. The molecule has 0 aliphatic heterocycles. The molecule has 0 spiro atoms. The molecular formula is C16H19NO2S. The number of carbonyl (C=O) groups excluding carboxylic acids is 1. The lowest BCUT2D eigenvalue weighted by atomic mass is 10.0. The van der Waals surface area contributed by atoms with E-state index in [4.69, 9.17) is 0 Å². The number of amides is 1. The summed E-state index contributed by atoms with van der Waals surface area (Å²) < 4.78 is 0. The molecule has 1 aromatic heterocycles. The highest BCUT2D eigenvalue weighted by molar-refractivity contribution is 7.12. The second kappa shape index (κ2) is 6.68. The van der Waals surface area contributed by atoms with Gasteiger partial charge in [-0.05, 0) is 34.1 Å². The van der Waals surface area contributed by atoms with Gasteiger partial charge in [0.15, 0.2) is 0 Å². The van der Waals surface area contributed by atoms with Gasteiger partial charge in [0, 0.05) is 6.54 Å². The normalized spacial score (nSPS) is 10.8. The third-order valence-corrected chi connectivity index (χ3v) is 4.18. The zero-order chi connectivity index (χ0) is 14.5. The van der Waals surface area contributed by atoms with Crippen LogP contribution in [0.3, 0.4) is 0 Å². The van der Waals surface area contributed by atoms with E-state index in [1.165, 1.54) is 11.3 Å². The third-order valence-electron chi connectivity index (χ3n) is 3.25. The van der Waals surface area contributed by atoms with Gasteiger partial charge in [0.05, 0.1) is 11.5 Å². The van der Waals surface area contributed by atoms with Crippen LogP contribution in [0.2, 0.25) is 0 Å². The number of hydrogen-bond acceptors (Lipinski definition) is 3. The Balaban J connectivity index is 2.07. The first-order valence-electron chi connectivity index (χ1n) is 6.66. The van der Waals surface area contributed by atoms with E-state index in [0.717, 1.165) is 21.6 Å². The molecule has 1 amide bonds. The summed E-state index contributed by atoms with van der Waals surface area (Å²) in [5.41, 5.74) is 2.89. The van der Waals surface area contributed by atoms with E-state index in [-0.39, 0.29) is 12.5 Å². The average Bonchev–Trinajstić information content (AvgIpc) is 2.94. The quantitative estimate of drug-likeness (QED) is 0.887. The van der Waals surface area contributed by atoms with Crippen LogP contribution in [-0.4, -0.2) is 11.0 Å². The van der Waals surface area contributed by atoms with Crippen molar-refractivity contribution < 1.29 is 9.90 Å². The molecule has 0 radical (unpaired) electrons. The largest absolute Gasteiger partial charge is 0.392 e. The van der Waals surface area contributed by atoms with Gasteiger partial charge in [-0.3, -0.25) is 4.79 Å². The molecule has 0 bridgehead atoms. The zero-order valence-electron chi connectivity index (χ0n) is 11.7. The van der Waals surface area contributed by atoms with Crippen LogP contribution in [0.4, 0.5) is 0 Å². The Kier molecular flexibility index (Phi) is 4.93. The second-order valence-corrected chi connectivity index (χ2v) is 5.89. The van der Waals surface area contributed by atoms with Crippen LogP contribution in [-0.2, 0) is 13.2 Å². The lowest BCUT2D eigenvalue weighted by molar-refractivity contribution is 0.0953. The first-order valence-corrected chi connectivity index (χ1v) is 7.54. The average molecular weight is 289 g/mol. The van der Waals surface area contributed by atoms with Gasteiger partial charge in [0.25, 0.3) is 5.91 Å². The first kappa shape index (κ1) is 14.8. The molecule has 2 aromatic rings. The van der Waals surface area contributed by atoms with E-state index in [0.29, 0.717) is 12.5 Å². The minimum atomic E-state index is -0.0450. The smallest absolute Gasteiger partial charge is 0.261 e. The summed E-state index contributed by atoms with van der Waals surface area (Å²) in [6.45, 7) is 4.59. The van der Waals surface area contributed by atoms with E-state index >= 15 is 0 Å². The van der Waals surface area contributed by atoms with Crippen LogP contribution in [0, 0.1) is 0 Å². The Labute approximate surface area is 123 Å². The molecule has 106 valence electrons. The molecule has 0 saturated heterocycles. The van der Waals surface area contributed by atoms with Crippen LogP contribution in [0.25, 0.3) is 0 Å². The Hall–Kier alpha value is -1.65. The highest BCUT2D eigenvalue weighted by Gasteiger charge is 2.15. The molecule has 0 atom stereocenters. The fourth-order valence-electron chi connectivity index (χ4n) is 2.10. The number of benzene rings is 1. The van der Waals surface area contributed by atoms with Gasteiger partial charge in [-0.2, -0.15) is 0 Å². The molecule has 4 heteroatoms. The predicted molar refractivity (Wildman–Crippen MR) is 81.9 cm³/mol. The molecular weight excluding hydrogens is 270 g/mol. The highest BCUT2D eigenvalue weighted by Crippen LogP contribution is 2.24. The number of nitrogens with one attached hydrogen (secondary N) is 1. The van der Waals surface area contributed by atoms with Gasteiger partial charge in [-0.25, -0.2) is 0 Å². The molecule has 2 N–H and O–H groups in total. The minimum absolute atomic E-state index is 0.0116. The fourth-order valence-corrected chi connectivity index (χ4v) is 3.07. The fraction of sp³-hybridized carbons (Fsp3) is 0.312. The summed E-state index contributed by atoms with van der Waals surface area (Å²) in [6.07, 6.45) is 0. The SMILES string of the molecule is CC(C)c1ccsc1C(=O)NCc1ccccc1CO. The Bertz CT molecular complexity index is 590. The number of thiophene rings is 1. The number of aliphatic hydroxyl groups excluding tert-OH is 1. The van der Waals surface area contributed by atoms with Gasteiger partial charge in [-0.1, -0.05) is 38.1 Å². The van der Waals surface area contributed by atoms with Crippen molar-refractivity contribution in [2.45, 2.75) is 32.9 Å². The molecule has 20 heavy (non-hydrogen) atoms. The van der Waals surface area contributed by atoms with Crippen molar-refractivity contribution in [1.29, 1.82) is 0 Å². The van der Waals surface area contributed by atoms with Crippen LogP contribution >= 0.6 is 11.3 Å². The van der Waals surface area contributed by atoms with Crippen molar-refractivity contribution in [3.05, 3.63) is 57.3 Å². The van der Waals surface area contributed by atoms with Crippen molar-refractivity contribution in [2.75, 3.05) is 0 Å². The number of carbonyl (C=O) groups is 1. The topological polar surface area (TPSA) is 49.3 Å². The summed E-state index contributed by atoms with van der Waals surface area (Å²) in [5.74, 6) is 0.295. The maximum absolute atomic E-state index is 12.2. The van der Waals surface area contributed by atoms with Crippen molar-refractivity contribution >= 4 is 17.2 Å². The number of rotatable bonds is 5. The van der Waals surface area contributed by atoms with Crippen molar-refractivity contribution in [1.82, 2.24) is 5.32 Å². The van der Waals surface area contributed by atoms with Gasteiger partial charge < -0.3 is 10.4 Å². The van der Waals surface area contributed by atoms with Gasteiger partial charge in [0.1, 0.15) is 0 Å². The molecule has 0 aliphatic carbocycles. The van der Waals surface area contributed by atoms with E-state index in [1.54, 1.807) is 0 Å². The Morgan fingerprint density at radius 3 is 2.60 bits per heavy atom. The summed E-state index contributed by atoms with van der Waals surface area (Å²) in [7, 11) is 0. The molecule has 0 aliphatic rings. The maximum atomic E-state index is 12.2. The lowest BCUT2D eigenvalue weighted by Crippen LogP contribution is -2.23. The van der Waals surface area contributed by atoms with Gasteiger partial charge in [-0.15, -0.1) is 11.3 Å². The predicted octanol–water partition coefficient (Wildman–Crippen LogP) is 3.29. The van der Waals surface area contributed by atoms with Gasteiger partial charge >= 0.3 is 0 Å². The summed E-state index contributed by atoms with van der Waals surface area (Å²) in [4.78, 5) is 13.0. The van der Waals surface area contributed by atoms with Crippen molar-refractivity contribution in [3.8, 4) is 0 Å². The van der Waals surface area contributed by atoms with Crippen LogP contribution in [0.1, 0.15) is 46.1 Å². The van der Waals surface area contributed by atoms with E-state index in [9.17, 15) is 9.90 Å². The standard InChI is InChI=1S/C16H19NO2S/c1-11(2)14-7-8-20-15(14)16(19)17-9-12-5-3-4-6-13(12)10-18/h3-8,11,18H,9-10H2,1-2H3,(H,17,19). The Morgan fingerprint density at radius 1 is 1.25 bits per heavy atom. The Morgan fingerprint density at radius 2 is 1.95 bits per heavy atom. The number of hydrogen-bond donors (Lipinski definition) is 2. The second-order valence-electron chi connectivity index (χ2n) is 4.97. The first-order chi connectivity index (χ1) is 9.63. The molecule has 0 fully saturated rings. The summed E-state index contributed by atoms with van der Waals surface area (Å²) >= 11 is 1.47. The van der Waals surface area contributed by atoms with Crippen LogP contribution in [0.5, 0.6) is 0 Å².